The molecule has 4 rings (SSSR count). The largest absolute Gasteiger partial charge is 0.523 e. The highest BCUT2D eigenvalue weighted by molar-refractivity contribution is 7.93. The molecule has 2 heterocycles. The number of amides is 1. The fourth-order valence-corrected chi connectivity index (χ4v) is 6.76. The van der Waals surface area contributed by atoms with Crippen molar-refractivity contribution < 1.29 is 39.9 Å². The minimum absolute atomic E-state index is 0.0435. The molecule has 41 heavy (non-hydrogen) atoms. The topological polar surface area (TPSA) is 105 Å². The third-order valence-electron chi connectivity index (χ3n) is 6.63. The number of nitrogens with one attached hydrogen (secondary N) is 1. The van der Waals surface area contributed by atoms with Crippen LogP contribution in [0.4, 0.5) is 27.1 Å². The Morgan fingerprint density at radius 1 is 1.17 bits per heavy atom. The molecule has 1 aliphatic heterocycles. The van der Waals surface area contributed by atoms with Crippen molar-refractivity contribution in [3.8, 4) is 0 Å². The van der Waals surface area contributed by atoms with Crippen molar-refractivity contribution in [1.82, 2.24) is 19.0 Å². The number of hydrogen-bond acceptors (Lipinski definition) is 8. The lowest BCUT2D eigenvalue weighted by Gasteiger charge is -2.39. The van der Waals surface area contributed by atoms with E-state index in [1.165, 1.54) is 31.2 Å². The molecular formula is C25H28F5N5O4S2. The molecule has 1 amide bonds. The number of piperazine rings is 1. The molecule has 9 nitrogen and oxygen atoms in total. The monoisotopic (exact) mass is 621 g/mol. The number of ether oxygens (including phenoxy) is 1. The average Bonchev–Trinajstić information content (AvgIpc) is 3.37. The number of hydrogen-bond donors (Lipinski definition) is 1. The van der Waals surface area contributed by atoms with E-state index in [1.54, 1.807) is 11.8 Å². The van der Waals surface area contributed by atoms with Gasteiger partial charge in [0.25, 0.3) is 5.92 Å². The van der Waals surface area contributed by atoms with Gasteiger partial charge < -0.3 is 10.2 Å². The summed E-state index contributed by atoms with van der Waals surface area (Å²) in [7, 11) is -4.29. The molecule has 1 N–H and O–H groups in total. The second-order valence-electron chi connectivity index (χ2n) is 9.48. The summed E-state index contributed by atoms with van der Waals surface area (Å²) in [5.74, 6) is -3.10. The third kappa shape index (κ3) is 7.47. The summed E-state index contributed by atoms with van der Waals surface area (Å²) in [6, 6.07) is 4.25. The zero-order chi connectivity index (χ0) is 30.0. The lowest BCUT2D eigenvalue weighted by atomic mass is 10.0. The lowest BCUT2D eigenvalue weighted by molar-refractivity contribution is -0.335. The summed E-state index contributed by atoms with van der Waals surface area (Å²) in [5.41, 5.74) is 0.378. The van der Waals surface area contributed by atoms with Gasteiger partial charge in [-0.05, 0) is 25.0 Å². The van der Waals surface area contributed by atoms with E-state index in [0.717, 1.165) is 34.1 Å². The predicted molar refractivity (Wildman–Crippen MR) is 142 cm³/mol. The second kappa shape index (κ2) is 12.1. The zero-order valence-electron chi connectivity index (χ0n) is 22.1. The van der Waals surface area contributed by atoms with E-state index >= 15 is 0 Å². The molecule has 1 aliphatic carbocycles. The summed E-state index contributed by atoms with van der Waals surface area (Å²) < 4.78 is 102. The van der Waals surface area contributed by atoms with Crippen molar-refractivity contribution in [2.75, 3.05) is 24.5 Å². The van der Waals surface area contributed by atoms with E-state index < -0.39 is 40.4 Å². The van der Waals surface area contributed by atoms with Crippen LogP contribution < -0.4 is 10.2 Å². The Bertz CT molecular complexity index is 1410. The van der Waals surface area contributed by atoms with Crippen LogP contribution >= 0.6 is 11.5 Å². The minimum Gasteiger partial charge on any atom is -0.351 e. The smallest absolute Gasteiger partial charge is 0.351 e. The number of aryl methyl sites for hydroxylation is 1. The Balaban J connectivity index is 1.52. The highest BCUT2D eigenvalue weighted by atomic mass is 32.2. The number of nitrogens with zero attached hydrogens (tertiary/aromatic N) is 4. The Hall–Kier alpha value is -2.95. The zero-order valence-corrected chi connectivity index (χ0v) is 23.7. The van der Waals surface area contributed by atoms with E-state index in [0.29, 0.717) is 16.5 Å². The van der Waals surface area contributed by atoms with Gasteiger partial charge in [-0.3, -0.25) is 9.53 Å². The van der Waals surface area contributed by atoms with Gasteiger partial charge in [-0.15, -0.1) is 13.2 Å². The molecule has 16 heteroatoms. The first-order valence-corrected chi connectivity index (χ1v) is 14.9. The van der Waals surface area contributed by atoms with Gasteiger partial charge in [-0.25, -0.2) is 22.2 Å². The maximum absolute atomic E-state index is 13.9. The fraction of sp³-hybridized carbons (Fsp3) is 0.480. The van der Waals surface area contributed by atoms with Gasteiger partial charge in [0.05, 0.1) is 11.0 Å². The molecule has 2 aliphatic rings. The quantitative estimate of drug-likeness (QED) is 0.418. The van der Waals surface area contributed by atoms with Crippen LogP contribution in [0.25, 0.3) is 0 Å². The molecule has 1 unspecified atom stereocenters. The molecule has 1 fully saturated rings. The first-order valence-electron chi connectivity index (χ1n) is 12.6. The van der Waals surface area contributed by atoms with Gasteiger partial charge in [-0.2, -0.15) is 8.68 Å². The van der Waals surface area contributed by atoms with Crippen LogP contribution in [-0.2, 0) is 32.0 Å². The van der Waals surface area contributed by atoms with E-state index in [4.69, 9.17) is 0 Å². The average molecular weight is 622 g/mol. The Kier molecular flexibility index (Phi) is 9.16. The van der Waals surface area contributed by atoms with Crippen molar-refractivity contribution in [3.05, 3.63) is 64.3 Å². The molecule has 2 atom stereocenters. The second-order valence-corrected chi connectivity index (χ2v) is 12.1. The van der Waals surface area contributed by atoms with Crippen LogP contribution in [0.1, 0.15) is 36.7 Å². The number of rotatable bonds is 9. The SMILES string of the molecule is CCC(F)(F)c1ccc(CNC(=O)[C@H]2CN(c3nc(C)ns3)CCN2S(=O)(=O)C2=CCC(OC(F)(F)F)C=C2)cc1. The number of benzene rings is 1. The lowest BCUT2D eigenvalue weighted by Crippen LogP contribution is -2.60. The van der Waals surface area contributed by atoms with E-state index in [2.05, 4.69) is 19.4 Å². The molecule has 1 aromatic carbocycles. The maximum Gasteiger partial charge on any atom is 0.523 e. The van der Waals surface area contributed by atoms with Crippen molar-refractivity contribution in [2.24, 2.45) is 0 Å². The first kappa shape index (κ1) is 31.0. The van der Waals surface area contributed by atoms with Gasteiger partial charge in [0, 0.05) is 49.7 Å². The van der Waals surface area contributed by atoms with Crippen LogP contribution in [0.5, 0.6) is 0 Å². The highest BCUT2D eigenvalue weighted by Crippen LogP contribution is 2.32. The summed E-state index contributed by atoms with van der Waals surface area (Å²) in [6.07, 6.45) is -3.73. The van der Waals surface area contributed by atoms with Gasteiger partial charge in [0.15, 0.2) is 0 Å². The van der Waals surface area contributed by atoms with E-state index in [-0.39, 0.29) is 49.5 Å². The van der Waals surface area contributed by atoms with E-state index in [1.807, 2.05) is 0 Å². The molecule has 0 bridgehead atoms. The highest BCUT2D eigenvalue weighted by Gasteiger charge is 2.42. The number of alkyl halides is 5. The predicted octanol–water partition coefficient (Wildman–Crippen LogP) is 4.23. The summed E-state index contributed by atoms with van der Waals surface area (Å²) in [5, 5.41) is 3.19. The molecule has 1 aromatic heterocycles. The van der Waals surface area contributed by atoms with Crippen LogP contribution in [-0.4, -0.2) is 66.1 Å². The number of allylic oxidation sites excluding steroid dienone is 1. The summed E-state index contributed by atoms with van der Waals surface area (Å²) >= 11 is 1.10. The number of carbonyl (C=O) groups excluding carboxylic acids is 1. The van der Waals surface area contributed by atoms with Crippen LogP contribution in [0, 0.1) is 6.92 Å². The summed E-state index contributed by atoms with van der Waals surface area (Å²) in [4.78, 5) is 19.2. The number of anilines is 1. The maximum atomic E-state index is 13.9. The number of halogens is 5. The summed E-state index contributed by atoms with van der Waals surface area (Å²) in [6.45, 7) is 3.06. The molecule has 224 valence electrons. The number of aromatic nitrogens is 2. The normalized spacial score (nSPS) is 20.7. The molecular weight excluding hydrogens is 593 g/mol. The van der Waals surface area contributed by atoms with Gasteiger partial charge in [0.2, 0.25) is 21.1 Å². The Morgan fingerprint density at radius 3 is 2.44 bits per heavy atom. The first-order chi connectivity index (χ1) is 19.2. The Morgan fingerprint density at radius 2 is 1.88 bits per heavy atom. The van der Waals surface area contributed by atoms with Crippen LogP contribution in [0.2, 0.25) is 0 Å². The standard InChI is InChI=1S/C25H28F5N5O4S2/c1-3-24(26,27)18-6-4-17(5-7-18)14-31-22(36)21-15-34(23-32-16(2)33-40-23)12-13-35(21)41(37,38)20-10-8-19(9-11-20)39-25(28,29)30/h4-8,10-11,19,21H,3,9,12-15H2,1-2H3,(H,31,36)/t19?,21-/m1/s1. The Labute approximate surface area is 237 Å². The van der Waals surface area contributed by atoms with Gasteiger partial charge in [-0.1, -0.05) is 43.3 Å². The number of sulfonamides is 1. The van der Waals surface area contributed by atoms with Crippen LogP contribution in [0.15, 0.2) is 47.4 Å². The molecule has 2 aromatic rings. The third-order valence-corrected chi connectivity index (χ3v) is 9.45. The number of carbonyl (C=O) groups is 1. The van der Waals surface area contributed by atoms with Gasteiger partial charge in [0.1, 0.15) is 11.9 Å². The molecule has 0 radical (unpaired) electrons. The van der Waals surface area contributed by atoms with Crippen molar-refractivity contribution >= 4 is 32.6 Å². The fourth-order valence-electron chi connectivity index (χ4n) is 4.40. The minimum atomic E-state index is -4.88. The van der Waals surface area contributed by atoms with Crippen molar-refractivity contribution in [2.45, 2.75) is 57.7 Å². The van der Waals surface area contributed by atoms with Crippen molar-refractivity contribution in [1.29, 1.82) is 0 Å². The van der Waals surface area contributed by atoms with Gasteiger partial charge >= 0.3 is 6.36 Å². The molecule has 1 saturated heterocycles. The van der Waals surface area contributed by atoms with Crippen LogP contribution in [0.3, 0.4) is 0 Å². The molecule has 0 spiro atoms. The van der Waals surface area contributed by atoms with Crippen molar-refractivity contribution in [3.63, 3.8) is 0 Å². The molecule has 0 saturated carbocycles. The van der Waals surface area contributed by atoms with E-state index in [9.17, 15) is 35.2 Å².